The van der Waals surface area contributed by atoms with E-state index in [1.54, 1.807) is 12.1 Å². The first-order valence-electron chi connectivity index (χ1n) is 6.42. The van der Waals surface area contributed by atoms with Gasteiger partial charge in [-0.15, -0.1) is 0 Å². The summed E-state index contributed by atoms with van der Waals surface area (Å²) in [6.07, 6.45) is 1.97. The number of nitro benzene ring substituents is 1. The lowest BCUT2D eigenvalue weighted by molar-refractivity contribution is -0.384. The summed E-state index contributed by atoms with van der Waals surface area (Å²) in [5.74, 6) is 0. The lowest BCUT2D eigenvalue weighted by Gasteiger charge is -2.06. The molecule has 3 aromatic rings. The Kier molecular flexibility index (Phi) is 2.99. The molecule has 0 amide bonds. The van der Waals surface area contributed by atoms with Crippen LogP contribution in [0.2, 0.25) is 0 Å². The second-order valence-electron chi connectivity index (χ2n) is 4.93. The summed E-state index contributed by atoms with van der Waals surface area (Å²) in [6, 6.07) is 15.2. The SMILES string of the molecule is Cc1cccc(Cn2ccc3cc([N+](=O)[O-])ccc32)c1. The van der Waals surface area contributed by atoms with Gasteiger partial charge in [0.15, 0.2) is 0 Å². The first-order chi connectivity index (χ1) is 9.63. The molecule has 0 aliphatic heterocycles. The smallest absolute Gasteiger partial charge is 0.270 e. The maximum absolute atomic E-state index is 10.8. The molecule has 100 valence electrons. The van der Waals surface area contributed by atoms with E-state index in [1.807, 2.05) is 24.4 Å². The van der Waals surface area contributed by atoms with Crippen LogP contribution in [-0.2, 0) is 6.54 Å². The number of aromatic nitrogens is 1. The van der Waals surface area contributed by atoms with Gasteiger partial charge in [0, 0.05) is 35.8 Å². The molecule has 0 saturated heterocycles. The Bertz CT molecular complexity index is 790. The van der Waals surface area contributed by atoms with Crippen LogP contribution in [0.3, 0.4) is 0 Å². The number of rotatable bonds is 3. The van der Waals surface area contributed by atoms with E-state index in [4.69, 9.17) is 0 Å². The van der Waals surface area contributed by atoms with Gasteiger partial charge in [0.25, 0.3) is 5.69 Å². The topological polar surface area (TPSA) is 48.1 Å². The van der Waals surface area contributed by atoms with Crippen molar-refractivity contribution in [1.29, 1.82) is 0 Å². The predicted molar refractivity (Wildman–Crippen MR) is 78.9 cm³/mol. The van der Waals surface area contributed by atoms with Gasteiger partial charge in [-0.2, -0.15) is 0 Å². The number of fused-ring (bicyclic) bond motifs is 1. The molecule has 0 radical (unpaired) electrons. The van der Waals surface area contributed by atoms with E-state index in [9.17, 15) is 10.1 Å². The summed E-state index contributed by atoms with van der Waals surface area (Å²) in [6.45, 7) is 2.84. The summed E-state index contributed by atoms with van der Waals surface area (Å²) >= 11 is 0. The molecule has 0 N–H and O–H groups in total. The maximum Gasteiger partial charge on any atom is 0.270 e. The molecular weight excluding hydrogens is 252 g/mol. The van der Waals surface area contributed by atoms with Gasteiger partial charge < -0.3 is 4.57 Å². The van der Waals surface area contributed by atoms with Crippen LogP contribution in [0.25, 0.3) is 10.9 Å². The largest absolute Gasteiger partial charge is 0.343 e. The van der Waals surface area contributed by atoms with Crippen LogP contribution in [0.5, 0.6) is 0 Å². The first-order valence-corrected chi connectivity index (χ1v) is 6.42. The second kappa shape index (κ2) is 4.81. The molecule has 0 spiro atoms. The minimum absolute atomic E-state index is 0.130. The third-order valence-corrected chi connectivity index (χ3v) is 3.40. The van der Waals surface area contributed by atoms with E-state index in [2.05, 4.69) is 29.7 Å². The molecule has 20 heavy (non-hydrogen) atoms. The highest BCUT2D eigenvalue weighted by atomic mass is 16.6. The Hall–Kier alpha value is -2.62. The predicted octanol–water partition coefficient (Wildman–Crippen LogP) is 3.91. The van der Waals surface area contributed by atoms with Gasteiger partial charge in [0.05, 0.1) is 4.92 Å². The van der Waals surface area contributed by atoms with Gasteiger partial charge in [-0.05, 0) is 24.6 Å². The monoisotopic (exact) mass is 266 g/mol. The molecule has 0 aliphatic carbocycles. The van der Waals surface area contributed by atoms with Crippen molar-refractivity contribution < 1.29 is 4.92 Å². The van der Waals surface area contributed by atoms with Crippen LogP contribution in [0, 0.1) is 17.0 Å². The number of hydrogen-bond acceptors (Lipinski definition) is 2. The molecule has 4 nitrogen and oxygen atoms in total. The fourth-order valence-corrected chi connectivity index (χ4v) is 2.45. The van der Waals surface area contributed by atoms with Crippen molar-refractivity contribution in [2.75, 3.05) is 0 Å². The van der Waals surface area contributed by atoms with Crippen molar-refractivity contribution >= 4 is 16.6 Å². The van der Waals surface area contributed by atoms with E-state index in [1.165, 1.54) is 11.1 Å². The summed E-state index contributed by atoms with van der Waals surface area (Å²) in [4.78, 5) is 10.4. The summed E-state index contributed by atoms with van der Waals surface area (Å²) < 4.78 is 2.10. The van der Waals surface area contributed by atoms with Gasteiger partial charge in [-0.1, -0.05) is 29.8 Å². The van der Waals surface area contributed by atoms with Gasteiger partial charge in [0.2, 0.25) is 0 Å². The number of hydrogen-bond donors (Lipinski definition) is 0. The van der Waals surface area contributed by atoms with Crippen LogP contribution in [0.1, 0.15) is 11.1 Å². The standard InChI is InChI=1S/C16H14N2O2/c1-12-3-2-4-13(9-12)11-17-8-7-14-10-15(18(19)20)5-6-16(14)17/h2-10H,11H2,1H3. The van der Waals surface area contributed by atoms with Crippen molar-refractivity contribution in [2.24, 2.45) is 0 Å². The zero-order valence-corrected chi connectivity index (χ0v) is 11.1. The zero-order chi connectivity index (χ0) is 14.1. The fraction of sp³-hybridized carbons (Fsp3) is 0.125. The molecule has 4 heteroatoms. The Morgan fingerprint density at radius 3 is 2.75 bits per heavy atom. The van der Waals surface area contributed by atoms with Crippen molar-refractivity contribution in [2.45, 2.75) is 13.5 Å². The quantitative estimate of drug-likeness (QED) is 0.533. The van der Waals surface area contributed by atoms with Crippen molar-refractivity contribution in [1.82, 2.24) is 4.57 Å². The summed E-state index contributed by atoms with van der Waals surface area (Å²) in [5.41, 5.74) is 3.60. The van der Waals surface area contributed by atoms with Crippen molar-refractivity contribution in [3.05, 3.63) is 76.0 Å². The van der Waals surface area contributed by atoms with Gasteiger partial charge in [0.1, 0.15) is 0 Å². The number of aryl methyl sites for hydroxylation is 1. The Morgan fingerprint density at radius 2 is 2.00 bits per heavy atom. The highest BCUT2D eigenvalue weighted by molar-refractivity contribution is 5.82. The van der Waals surface area contributed by atoms with Crippen molar-refractivity contribution in [3.63, 3.8) is 0 Å². The van der Waals surface area contributed by atoms with Gasteiger partial charge >= 0.3 is 0 Å². The van der Waals surface area contributed by atoms with E-state index < -0.39 is 0 Å². The highest BCUT2D eigenvalue weighted by Crippen LogP contribution is 2.22. The average Bonchev–Trinajstić information content (AvgIpc) is 2.81. The van der Waals surface area contributed by atoms with Crippen LogP contribution in [0.4, 0.5) is 5.69 Å². The third kappa shape index (κ3) is 2.28. The summed E-state index contributed by atoms with van der Waals surface area (Å²) in [5, 5.41) is 11.7. The van der Waals surface area contributed by atoms with E-state index >= 15 is 0 Å². The summed E-state index contributed by atoms with van der Waals surface area (Å²) in [7, 11) is 0. The van der Waals surface area contributed by atoms with E-state index in [0.29, 0.717) is 0 Å². The van der Waals surface area contributed by atoms with Crippen LogP contribution < -0.4 is 0 Å². The molecule has 0 bridgehead atoms. The Balaban J connectivity index is 1.98. The number of nitrogens with zero attached hydrogens (tertiary/aromatic N) is 2. The Morgan fingerprint density at radius 1 is 1.15 bits per heavy atom. The molecule has 0 atom stereocenters. The first kappa shape index (κ1) is 12.4. The number of nitro groups is 1. The molecule has 0 aliphatic rings. The molecule has 2 aromatic carbocycles. The van der Waals surface area contributed by atoms with Gasteiger partial charge in [-0.3, -0.25) is 10.1 Å². The average molecular weight is 266 g/mol. The van der Waals surface area contributed by atoms with Crippen LogP contribution >= 0.6 is 0 Å². The number of non-ortho nitro benzene ring substituents is 1. The maximum atomic E-state index is 10.8. The molecule has 0 fully saturated rings. The zero-order valence-electron chi connectivity index (χ0n) is 11.1. The van der Waals surface area contributed by atoms with E-state index in [0.717, 1.165) is 17.4 Å². The fourth-order valence-electron chi connectivity index (χ4n) is 2.45. The van der Waals surface area contributed by atoms with Crippen LogP contribution in [0.15, 0.2) is 54.7 Å². The lowest BCUT2D eigenvalue weighted by Crippen LogP contribution is -1.98. The highest BCUT2D eigenvalue weighted by Gasteiger charge is 2.08. The molecule has 0 unspecified atom stereocenters. The number of benzene rings is 2. The second-order valence-corrected chi connectivity index (χ2v) is 4.93. The molecule has 1 heterocycles. The normalized spacial score (nSPS) is 10.8. The lowest BCUT2D eigenvalue weighted by atomic mass is 10.1. The Labute approximate surface area is 116 Å². The minimum atomic E-state index is -0.364. The molecule has 3 rings (SSSR count). The molecular formula is C16H14N2O2. The van der Waals surface area contributed by atoms with Gasteiger partial charge in [-0.25, -0.2) is 0 Å². The molecule has 0 saturated carbocycles. The minimum Gasteiger partial charge on any atom is -0.343 e. The van der Waals surface area contributed by atoms with Crippen molar-refractivity contribution in [3.8, 4) is 0 Å². The van der Waals surface area contributed by atoms with Crippen LogP contribution in [-0.4, -0.2) is 9.49 Å². The third-order valence-electron chi connectivity index (χ3n) is 3.40. The van der Waals surface area contributed by atoms with E-state index in [-0.39, 0.29) is 10.6 Å². The molecule has 1 aromatic heterocycles.